The Morgan fingerprint density at radius 1 is 1.10 bits per heavy atom. The fourth-order valence-corrected chi connectivity index (χ4v) is 3.70. The van der Waals surface area contributed by atoms with E-state index in [1.165, 1.54) is 23.0 Å². The number of halogens is 3. The van der Waals surface area contributed by atoms with E-state index in [0.717, 1.165) is 0 Å². The molecule has 154 valence electrons. The average Bonchev–Trinajstić information content (AvgIpc) is 3.10. The minimum Gasteiger partial charge on any atom is -0.303 e. The van der Waals surface area contributed by atoms with Crippen LogP contribution in [-0.2, 0) is 6.54 Å². The van der Waals surface area contributed by atoms with Gasteiger partial charge in [0.15, 0.2) is 5.65 Å². The number of rotatable bonds is 5. The van der Waals surface area contributed by atoms with E-state index >= 15 is 0 Å². The van der Waals surface area contributed by atoms with Crippen molar-refractivity contribution in [3.05, 3.63) is 52.5 Å². The number of alkyl halides is 2. The molecule has 0 saturated carbocycles. The molecule has 2 aromatic heterocycles. The molecule has 0 amide bonds. The van der Waals surface area contributed by atoms with Gasteiger partial charge >= 0.3 is 0 Å². The second kappa shape index (κ2) is 7.62. The highest BCUT2D eigenvalue weighted by atomic mass is 19.3. The molecule has 6 nitrogen and oxygen atoms in total. The van der Waals surface area contributed by atoms with Crippen LogP contribution in [0.15, 0.2) is 35.3 Å². The van der Waals surface area contributed by atoms with E-state index in [2.05, 4.69) is 10.1 Å². The summed E-state index contributed by atoms with van der Waals surface area (Å²) >= 11 is 0. The Balaban J connectivity index is 1.51. The van der Waals surface area contributed by atoms with Gasteiger partial charge in [-0.1, -0.05) is 0 Å². The summed E-state index contributed by atoms with van der Waals surface area (Å²) in [5, 5.41) is 4.63. The van der Waals surface area contributed by atoms with Gasteiger partial charge in [-0.15, -0.1) is 0 Å². The van der Waals surface area contributed by atoms with Gasteiger partial charge in [-0.05, 0) is 44.2 Å². The van der Waals surface area contributed by atoms with Crippen molar-refractivity contribution in [1.82, 2.24) is 24.2 Å². The summed E-state index contributed by atoms with van der Waals surface area (Å²) in [6, 6.07) is 5.81. The van der Waals surface area contributed by atoms with Gasteiger partial charge in [0.05, 0.1) is 11.9 Å². The largest absolute Gasteiger partial charge is 0.303 e. The SMILES string of the molecule is Cc1nc2c(cnn2-c2ccc(F)cc2)c(=O)n1CCCN1CCC(F)(F)CC1. The molecule has 0 radical (unpaired) electrons. The Hall–Kier alpha value is -2.68. The Kier molecular flexibility index (Phi) is 5.16. The first-order valence-corrected chi connectivity index (χ1v) is 9.65. The third-order valence-electron chi connectivity index (χ3n) is 5.39. The monoisotopic (exact) mass is 405 g/mol. The summed E-state index contributed by atoms with van der Waals surface area (Å²) in [5.74, 6) is -2.35. The number of aryl methyl sites for hydroxylation is 1. The molecule has 1 saturated heterocycles. The first-order valence-electron chi connectivity index (χ1n) is 9.65. The van der Waals surface area contributed by atoms with Crippen molar-refractivity contribution in [3.8, 4) is 5.69 Å². The van der Waals surface area contributed by atoms with Crippen molar-refractivity contribution in [3.63, 3.8) is 0 Å². The van der Waals surface area contributed by atoms with Crippen LogP contribution in [0.4, 0.5) is 13.2 Å². The second-order valence-corrected chi connectivity index (χ2v) is 7.44. The summed E-state index contributed by atoms with van der Waals surface area (Å²) in [6.45, 7) is 3.63. The van der Waals surface area contributed by atoms with Crippen LogP contribution in [0.5, 0.6) is 0 Å². The molecule has 0 N–H and O–H groups in total. The smallest absolute Gasteiger partial charge is 0.264 e. The number of likely N-dealkylation sites (tertiary alicyclic amines) is 1. The lowest BCUT2D eigenvalue weighted by atomic mass is 10.1. The molecule has 4 rings (SSSR count). The zero-order valence-electron chi connectivity index (χ0n) is 16.1. The molecule has 1 aromatic carbocycles. The predicted molar refractivity (Wildman–Crippen MR) is 103 cm³/mol. The Labute approximate surface area is 165 Å². The molecule has 0 aliphatic carbocycles. The lowest BCUT2D eigenvalue weighted by Gasteiger charge is -2.31. The van der Waals surface area contributed by atoms with E-state index < -0.39 is 5.92 Å². The van der Waals surface area contributed by atoms with E-state index in [4.69, 9.17) is 0 Å². The molecule has 0 bridgehead atoms. The van der Waals surface area contributed by atoms with Gasteiger partial charge in [0.1, 0.15) is 17.0 Å². The Bertz CT molecular complexity index is 1060. The molecule has 1 aliphatic rings. The molecule has 1 aliphatic heterocycles. The first-order chi connectivity index (χ1) is 13.8. The van der Waals surface area contributed by atoms with Crippen molar-refractivity contribution in [1.29, 1.82) is 0 Å². The standard InChI is InChI=1S/C20H22F3N5O/c1-14-25-18-17(13-24-28(18)16-5-3-15(21)4-6-16)19(29)27(14)10-2-9-26-11-7-20(22,23)8-12-26/h3-6,13H,2,7-12H2,1H3. The minimum atomic E-state index is -2.55. The number of piperidine rings is 1. The number of aromatic nitrogens is 4. The lowest BCUT2D eigenvalue weighted by molar-refractivity contribution is -0.0552. The van der Waals surface area contributed by atoms with Gasteiger partial charge in [-0.25, -0.2) is 22.8 Å². The summed E-state index contributed by atoms with van der Waals surface area (Å²) < 4.78 is 42.8. The molecular formula is C20H22F3N5O. The quantitative estimate of drug-likeness (QED) is 0.655. The first kappa shape index (κ1) is 19.6. The van der Waals surface area contributed by atoms with E-state index in [9.17, 15) is 18.0 Å². The number of nitrogens with zero attached hydrogens (tertiary/aromatic N) is 5. The molecule has 3 heterocycles. The number of fused-ring (bicyclic) bond motifs is 1. The fraction of sp³-hybridized carbons (Fsp3) is 0.450. The maximum atomic E-state index is 13.3. The maximum Gasteiger partial charge on any atom is 0.264 e. The summed E-state index contributed by atoms with van der Waals surface area (Å²) in [6.07, 6.45) is 1.92. The van der Waals surface area contributed by atoms with Crippen LogP contribution in [0.3, 0.4) is 0 Å². The number of hydrogen-bond acceptors (Lipinski definition) is 4. The fourth-order valence-electron chi connectivity index (χ4n) is 3.70. The van der Waals surface area contributed by atoms with Crippen LogP contribution >= 0.6 is 0 Å². The van der Waals surface area contributed by atoms with Gasteiger partial charge in [-0.3, -0.25) is 9.36 Å². The molecule has 0 atom stereocenters. The van der Waals surface area contributed by atoms with Crippen molar-refractivity contribution in [2.45, 2.75) is 38.7 Å². The molecule has 0 spiro atoms. The van der Waals surface area contributed by atoms with Crippen LogP contribution in [0.2, 0.25) is 0 Å². The van der Waals surface area contributed by atoms with Crippen LogP contribution in [0, 0.1) is 12.7 Å². The molecule has 9 heteroatoms. The van der Waals surface area contributed by atoms with Crippen molar-refractivity contribution >= 4 is 11.0 Å². The van der Waals surface area contributed by atoms with Crippen LogP contribution in [-0.4, -0.2) is 49.8 Å². The highest BCUT2D eigenvalue weighted by molar-refractivity contribution is 5.75. The summed E-state index contributed by atoms with van der Waals surface area (Å²) in [7, 11) is 0. The molecular weight excluding hydrogens is 383 g/mol. The summed E-state index contributed by atoms with van der Waals surface area (Å²) in [5.41, 5.74) is 0.854. The van der Waals surface area contributed by atoms with Crippen molar-refractivity contribution in [2.24, 2.45) is 0 Å². The third-order valence-corrected chi connectivity index (χ3v) is 5.39. The zero-order chi connectivity index (χ0) is 20.6. The Morgan fingerprint density at radius 2 is 1.79 bits per heavy atom. The summed E-state index contributed by atoms with van der Waals surface area (Å²) in [4.78, 5) is 19.5. The van der Waals surface area contributed by atoms with Crippen LogP contribution < -0.4 is 5.56 Å². The van der Waals surface area contributed by atoms with E-state index in [0.29, 0.717) is 55.1 Å². The van der Waals surface area contributed by atoms with Crippen LogP contribution in [0.1, 0.15) is 25.1 Å². The van der Waals surface area contributed by atoms with E-state index in [1.54, 1.807) is 23.6 Å². The molecule has 29 heavy (non-hydrogen) atoms. The Morgan fingerprint density at radius 3 is 2.48 bits per heavy atom. The highest BCUT2D eigenvalue weighted by Crippen LogP contribution is 2.27. The van der Waals surface area contributed by atoms with E-state index in [-0.39, 0.29) is 24.2 Å². The van der Waals surface area contributed by atoms with Gasteiger partial charge < -0.3 is 4.90 Å². The topological polar surface area (TPSA) is 56.0 Å². The lowest BCUT2D eigenvalue weighted by Crippen LogP contribution is -2.40. The van der Waals surface area contributed by atoms with Gasteiger partial charge in [0.25, 0.3) is 11.5 Å². The number of benzene rings is 1. The minimum absolute atomic E-state index is 0.109. The molecule has 1 fully saturated rings. The van der Waals surface area contributed by atoms with Crippen molar-refractivity contribution < 1.29 is 13.2 Å². The van der Waals surface area contributed by atoms with Gasteiger partial charge in [-0.2, -0.15) is 5.10 Å². The second-order valence-electron chi connectivity index (χ2n) is 7.44. The molecule has 3 aromatic rings. The maximum absolute atomic E-state index is 13.3. The van der Waals surface area contributed by atoms with Gasteiger partial charge in [0, 0.05) is 32.5 Å². The normalized spacial score (nSPS) is 17.1. The van der Waals surface area contributed by atoms with E-state index in [1.807, 2.05) is 4.90 Å². The molecule has 0 unspecified atom stereocenters. The van der Waals surface area contributed by atoms with Gasteiger partial charge in [0.2, 0.25) is 0 Å². The highest BCUT2D eigenvalue weighted by Gasteiger charge is 2.33. The zero-order valence-corrected chi connectivity index (χ0v) is 16.1. The average molecular weight is 405 g/mol. The third kappa shape index (κ3) is 4.05. The van der Waals surface area contributed by atoms with Crippen LogP contribution in [0.25, 0.3) is 16.7 Å². The van der Waals surface area contributed by atoms with Crippen molar-refractivity contribution in [2.75, 3.05) is 19.6 Å². The predicted octanol–water partition coefficient (Wildman–Crippen LogP) is 3.15. The number of hydrogen-bond donors (Lipinski definition) is 0.